The summed E-state index contributed by atoms with van der Waals surface area (Å²) in [6, 6.07) is 7.03. The molecule has 0 radical (unpaired) electrons. The van der Waals surface area contributed by atoms with Gasteiger partial charge in [-0.2, -0.15) is 0 Å². The second kappa shape index (κ2) is 10.6. The zero-order chi connectivity index (χ0) is 24.1. The van der Waals surface area contributed by atoms with Crippen LogP contribution in [0.25, 0.3) is 11.1 Å². The number of benzene rings is 1. The molecule has 0 saturated carbocycles. The molecule has 2 aromatic carbocycles. The Morgan fingerprint density at radius 3 is 2.42 bits per heavy atom. The Bertz CT molecular complexity index is 1080. The van der Waals surface area contributed by atoms with Gasteiger partial charge in [0.1, 0.15) is 0 Å². The van der Waals surface area contributed by atoms with E-state index in [0.717, 1.165) is 28.7 Å². The molecular formula is C26H34N2O5. The molecule has 1 aliphatic rings. The van der Waals surface area contributed by atoms with Crippen LogP contribution in [0.5, 0.6) is 17.2 Å². The van der Waals surface area contributed by atoms with Gasteiger partial charge >= 0.3 is 0 Å². The third-order valence-corrected chi connectivity index (χ3v) is 5.95. The minimum atomic E-state index is -0.310. The molecule has 0 bridgehead atoms. The highest BCUT2D eigenvalue weighted by Gasteiger charge is 2.29. The number of rotatable bonds is 8. The van der Waals surface area contributed by atoms with Crippen molar-refractivity contribution in [2.45, 2.75) is 46.1 Å². The second-order valence-electron chi connectivity index (χ2n) is 8.71. The second-order valence-corrected chi connectivity index (χ2v) is 8.71. The van der Waals surface area contributed by atoms with Crippen LogP contribution in [-0.2, 0) is 11.2 Å². The number of amides is 1. The van der Waals surface area contributed by atoms with Crippen LogP contribution in [0.15, 0.2) is 29.1 Å². The minimum Gasteiger partial charge on any atom is -0.493 e. The molecule has 7 heteroatoms. The third-order valence-electron chi connectivity index (χ3n) is 5.95. The fourth-order valence-corrected chi connectivity index (χ4v) is 4.35. The van der Waals surface area contributed by atoms with Gasteiger partial charge < -0.3 is 24.8 Å². The summed E-state index contributed by atoms with van der Waals surface area (Å²) in [6.07, 6.45) is 2.26. The van der Waals surface area contributed by atoms with E-state index >= 15 is 0 Å². The van der Waals surface area contributed by atoms with Crippen LogP contribution in [0.2, 0.25) is 0 Å². The van der Waals surface area contributed by atoms with Crippen LogP contribution < -0.4 is 30.3 Å². The van der Waals surface area contributed by atoms with E-state index in [1.807, 2.05) is 18.2 Å². The maximum atomic E-state index is 13.1. The molecule has 1 amide bonds. The number of carbonyl (C=O) groups excluding carboxylic acids is 1. The Labute approximate surface area is 195 Å². The van der Waals surface area contributed by atoms with Gasteiger partial charge in [0.2, 0.25) is 17.1 Å². The summed E-state index contributed by atoms with van der Waals surface area (Å²) in [5, 5.41) is 6.30. The smallest absolute Gasteiger partial charge is 0.217 e. The molecule has 0 heterocycles. The Kier molecular flexibility index (Phi) is 7.84. The van der Waals surface area contributed by atoms with Crippen molar-refractivity contribution in [2.75, 3.05) is 33.2 Å². The molecular weight excluding hydrogens is 420 g/mol. The average molecular weight is 455 g/mol. The highest BCUT2D eigenvalue weighted by molar-refractivity contribution is 5.83. The molecule has 0 aliphatic heterocycles. The molecule has 178 valence electrons. The Hall–Kier alpha value is -3.22. The summed E-state index contributed by atoms with van der Waals surface area (Å²) in [6.45, 7) is 6.50. The molecule has 3 rings (SSSR count). The lowest BCUT2D eigenvalue weighted by Gasteiger charge is -2.19. The van der Waals surface area contributed by atoms with Crippen LogP contribution in [0.4, 0.5) is 5.69 Å². The number of anilines is 1. The number of aryl methyl sites for hydroxylation is 1. The fourth-order valence-electron chi connectivity index (χ4n) is 4.35. The Morgan fingerprint density at radius 1 is 1.09 bits per heavy atom. The van der Waals surface area contributed by atoms with Crippen molar-refractivity contribution < 1.29 is 19.0 Å². The van der Waals surface area contributed by atoms with E-state index < -0.39 is 0 Å². The van der Waals surface area contributed by atoms with E-state index in [9.17, 15) is 9.59 Å². The molecule has 0 unspecified atom stereocenters. The molecule has 33 heavy (non-hydrogen) atoms. The molecule has 1 atom stereocenters. The number of ether oxygens (including phenoxy) is 3. The summed E-state index contributed by atoms with van der Waals surface area (Å²) < 4.78 is 17.0. The van der Waals surface area contributed by atoms with Crippen LogP contribution >= 0.6 is 0 Å². The minimum absolute atomic E-state index is 0.113. The van der Waals surface area contributed by atoms with Crippen LogP contribution in [-0.4, -0.2) is 33.8 Å². The summed E-state index contributed by atoms with van der Waals surface area (Å²) in [7, 11) is 4.75. The van der Waals surface area contributed by atoms with E-state index in [4.69, 9.17) is 14.2 Å². The summed E-state index contributed by atoms with van der Waals surface area (Å²) in [4.78, 5) is 25.1. The summed E-state index contributed by atoms with van der Waals surface area (Å²) in [5.41, 5.74) is 3.86. The van der Waals surface area contributed by atoms with E-state index in [2.05, 4.69) is 24.5 Å². The van der Waals surface area contributed by atoms with Gasteiger partial charge in [0.05, 0.1) is 33.1 Å². The van der Waals surface area contributed by atoms with Crippen molar-refractivity contribution in [2.24, 2.45) is 5.92 Å². The number of fused-ring (bicyclic) bond motifs is 3. The van der Waals surface area contributed by atoms with E-state index in [1.165, 1.54) is 6.92 Å². The first kappa shape index (κ1) is 24.4. The van der Waals surface area contributed by atoms with Gasteiger partial charge in [0.15, 0.2) is 11.5 Å². The average Bonchev–Trinajstić information content (AvgIpc) is 3.01. The van der Waals surface area contributed by atoms with Crippen molar-refractivity contribution in [3.63, 3.8) is 0 Å². The topological polar surface area (TPSA) is 85.9 Å². The maximum absolute atomic E-state index is 13.1. The highest BCUT2D eigenvalue weighted by Crippen LogP contribution is 2.50. The van der Waals surface area contributed by atoms with E-state index in [0.29, 0.717) is 48.2 Å². The van der Waals surface area contributed by atoms with Crippen molar-refractivity contribution in [3.05, 3.63) is 45.6 Å². The predicted octanol–water partition coefficient (Wildman–Crippen LogP) is 4.32. The number of hydrogen-bond acceptors (Lipinski definition) is 6. The lowest BCUT2D eigenvalue weighted by atomic mass is 9.95. The largest absolute Gasteiger partial charge is 0.493 e. The van der Waals surface area contributed by atoms with Gasteiger partial charge in [0.25, 0.3) is 0 Å². The van der Waals surface area contributed by atoms with Gasteiger partial charge in [-0.15, -0.1) is 0 Å². The molecule has 0 spiro atoms. The van der Waals surface area contributed by atoms with Crippen molar-refractivity contribution in [1.29, 1.82) is 0 Å². The first-order chi connectivity index (χ1) is 15.8. The molecule has 0 aromatic heterocycles. The summed E-state index contributed by atoms with van der Waals surface area (Å²) in [5.74, 6) is 2.00. The maximum Gasteiger partial charge on any atom is 0.217 e. The first-order valence-electron chi connectivity index (χ1n) is 11.3. The fraction of sp³-hybridized carbons (Fsp3) is 0.462. The van der Waals surface area contributed by atoms with Gasteiger partial charge in [-0.3, -0.25) is 9.59 Å². The molecule has 2 N–H and O–H groups in total. The van der Waals surface area contributed by atoms with E-state index in [-0.39, 0.29) is 17.4 Å². The quantitative estimate of drug-likeness (QED) is 0.618. The number of methoxy groups -OCH3 is 3. The molecule has 1 aliphatic carbocycles. The van der Waals surface area contributed by atoms with Crippen LogP contribution in [0, 0.1) is 5.92 Å². The zero-order valence-corrected chi connectivity index (χ0v) is 20.3. The van der Waals surface area contributed by atoms with Gasteiger partial charge in [-0.25, -0.2) is 0 Å². The van der Waals surface area contributed by atoms with Gasteiger partial charge in [0, 0.05) is 19.0 Å². The van der Waals surface area contributed by atoms with Crippen LogP contribution in [0.3, 0.4) is 0 Å². The van der Waals surface area contributed by atoms with Crippen molar-refractivity contribution in [1.82, 2.24) is 5.32 Å². The molecule has 2 aromatic rings. The number of carbonyl (C=O) groups is 1. The first-order valence-corrected chi connectivity index (χ1v) is 11.3. The zero-order valence-electron chi connectivity index (χ0n) is 20.3. The highest BCUT2D eigenvalue weighted by atomic mass is 16.5. The van der Waals surface area contributed by atoms with Crippen molar-refractivity contribution in [3.8, 4) is 28.4 Å². The normalized spacial score (nSPS) is 14.6. The van der Waals surface area contributed by atoms with Crippen molar-refractivity contribution >= 4 is 11.6 Å². The Balaban J connectivity index is 2.27. The molecule has 0 saturated heterocycles. The number of nitrogens with one attached hydrogen (secondary N) is 2. The van der Waals surface area contributed by atoms with Gasteiger partial charge in [-0.05, 0) is 60.1 Å². The van der Waals surface area contributed by atoms with E-state index in [1.54, 1.807) is 27.4 Å². The lowest BCUT2D eigenvalue weighted by molar-refractivity contribution is -0.119. The SMILES string of the molecule is COc1cc2c(c(OC)c1OC)-c1ccc(NCCC(C)C)c(=O)cc1[C@@H](NC(C)=O)CC2. The number of hydrogen-bond donors (Lipinski definition) is 2. The predicted molar refractivity (Wildman–Crippen MR) is 131 cm³/mol. The standard InChI is InChI=1S/C26H34N2O5/c1-15(2)11-12-27-21-10-8-18-19(14-22(21)30)20(28-16(3)29)9-7-17-13-23(31-4)25(32-5)26(33-6)24(17)18/h8,10,13-15,20H,7,9,11-12H2,1-6H3,(H,27,30)(H,28,29)/t20-/m0/s1. The molecule has 7 nitrogen and oxygen atoms in total. The molecule has 0 fully saturated rings. The van der Waals surface area contributed by atoms with Gasteiger partial charge in [-0.1, -0.05) is 19.9 Å². The Morgan fingerprint density at radius 2 is 1.82 bits per heavy atom. The third kappa shape index (κ3) is 5.24. The lowest BCUT2D eigenvalue weighted by Crippen LogP contribution is -2.26. The summed E-state index contributed by atoms with van der Waals surface area (Å²) >= 11 is 0. The monoisotopic (exact) mass is 454 g/mol. The van der Waals surface area contributed by atoms with Crippen LogP contribution in [0.1, 0.15) is 50.8 Å².